The molecule has 0 saturated carbocycles. The molecule has 5 nitrogen and oxygen atoms in total. The number of ether oxygens (including phenoxy) is 1. The highest BCUT2D eigenvalue weighted by atomic mass is 35.5. The molecule has 0 aliphatic rings. The summed E-state index contributed by atoms with van der Waals surface area (Å²) in [7, 11) is 0. The van der Waals surface area contributed by atoms with Crippen molar-refractivity contribution in [1.82, 2.24) is 10.2 Å². The molecular formula is C29H33ClN2O3. The van der Waals surface area contributed by atoms with Crippen molar-refractivity contribution in [2.24, 2.45) is 0 Å². The summed E-state index contributed by atoms with van der Waals surface area (Å²) in [5.41, 5.74) is 4.11. The van der Waals surface area contributed by atoms with E-state index in [1.807, 2.05) is 81.4 Å². The fourth-order valence-corrected chi connectivity index (χ4v) is 3.86. The number of halogens is 1. The number of hydrogen-bond donors (Lipinski definition) is 1. The molecule has 0 bridgehead atoms. The Morgan fingerprint density at radius 3 is 2.31 bits per heavy atom. The maximum Gasteiger partial charge on any atom is 0.261 e. The van der Waals surface area contributed by atoms with Gasteiger partial charge in [-0.1, -0.05) is 67.1 Å². The lowest BCUT2D eigenvalue weighted by Crippen LogP contribution is -2.51. The zero-order chi connectivity index (χ0) is 25.2. The molecular weight excluding hydrogens is 460 g/mol. The lowest BCUT2D eigenvalue weighted by molar-refractivity contribution is -0.142. The Morgan fingerprint density at radius 1 is 0.943 bits per heavy atom. The molecule has 35 heavy (non-hydrogen) atoms. The van der Waals surface area contributed by atoms with Gasteiger partial charge in [0.15, 0.2) is 6.61 Å². The molecule has 6 heteroatoms. The van der Waals surface area contributed by atoms with E-state index in [2.05, 4.69) is 5.32 Å². The molecule has 3 rings (SSSR count). The van der Waals surface area contributed by atoms with Crippen LogP contribution in [-0.4, -0.2) is 35.9 Å². The van der Waals surface area contributed by atoms with E-state index >= 15 is 0 Å². The number of benzene rings is 3. The van der Waals surface area contributed by atoms with Crippen molar-refractivity contribution < 1.29 is 14.3 Å². The molecule has 1 atom stereocenters. The van der Waals surface area contributed by atoms with Gasteiger partial charge in [-0.15, -0.1) is 0 Å². The molecule has 3 aromatic carbocycles. The van der Waals surface area contributed by atoms with Gasteiger partial charge in [-0.2, -0.15) is 0 Å². The maximum absolute atomic E-state index is 13.5. The number of carbonyl (C=O) groups is 2. The first-order chi connectivity index (χ1) is 16.9. The summed E-state index contributed by atoms with van der Waals surface area (Å²) in [5, 5.41) is 3.59. The third kappa shape index (κ3) is 7.86. The minimum atomic E-state index is -0.685. The van der Waals surface area contributed by atoms with Crippen LogP contribution in [0.5, 0.6) is 5.75 Å². The number of rotatable bonds is 11. The van der Waals surface area contributed by atoms with Crippen LogP contribution < -0.4 is 10.1 Å². The average molecular weight is 493 g/mol. The Morgan fingerprint density at radius 2 is 1.66 bits per heavy atom. The van der Waals surface area contributed by atoms with Crippen molar-refractivity contribution >= 4 is 23.4 Å². The minimum Gasteiger partial charge on any atom is -0.484 e. The van der Waals surface area contributed by atoms with Gasteiger partial charge in [0.2, 0.25) is 5.91 Å². The Balaban J connectivity index is 1.88. The van der Waals surface area contributed by atoms with Crippen LogP contribution in [-0.2, 0) is 22.6 Å². The Bertz CT molecular complexity index is 1120. The van der Waals surface area contributed by atoms with Gasteiger partial charge in [0.25, 0.3) is 5.91 Å². The van der Waals surface area contributed by atoms with Crippen LogP contribution in [0.25, 0.3) is 0 Å². The van der Waals surface area contributed by atoms with E-state index in [-0.39, 0.29) is 25.0 Å². The van der Waals surface area contributed by atoms with Gasteiger partial charge in [0.05, 0.1) is 0 Å². The second kappa shape index (κ2) is 13.0. The van der Waals surface area contributed by atoms with Gasteiger partial charge < -0.3 is 15.0 Å². The first kappa shape index (κ1) is 26.3. The van der Waals surface area contributed by atoms with E-state index in [9.17, 15) is 9.59 Å². The molecule has 0 fully saturated rings. The molecule has 0 aliphatic carbocycles. The van der Waals surface area contributed by atoms with E-state index in [4.69, 9.17) is 16.3 Å². The Labute approximate surface area is 213 Å². The molecule has 0 spiro atoms. The maximum atomic E-state index is 13.5. The molecule has 0 aromatic heterocycles. The molecule has 0 saturated heterocycles. The van der Waals surface area contributed by atoms with Gasteiger partial charge in [0.1, 0.15) is 11.8 Å². The van der Waals surface area contributed by atoms with Crippen molar-refractivity contribution in [3.63, 3.8) is 0 Å². The van der Waals surface area contributed by atoms with Gasteiger partial charge in [-0.25, -0.2) is 0 Å². The molecule has 184 valence electrons. The SMILES string of the molecule is CCCNC(=O)C(Cc1ccccc1)N(Cc1ccc(Cl)cc1)C(=O)COc1ccc(C)c(C)c1. The normalized spacial score (nSPS) is 11.5. The van der Waals surface area contributed by atoms with Crippen LogP contribution in [0.1, 0.15) is 35.6 Å². The zero-order valence-electron chi connectivity index (χ0n) is 20.6. The lowest BCUT2D eigenvalue weighted by atomic mass is 10.0. The summed E-state index contributed by atoms with van der Waals surface area (Å²) in [5.74, 6) is 0.192. The smallest absolute Gasteiger partial charge is 0.261 e. The topological polar surface area (TPSA) is 58.6 Å². The predicted molar refractivity (Wildman–Crippen MR) is 141 cm³/mol. The number of nitrogens with one attached hydrogen (secondary N) is 1. The zero-order valence-corrected chi connectivity index (χ0v) is 21.3. The fraction of sp³-hybridized carbons (Fsp3) is 0.310. The highest BCUT2D eigenvalue weighted by Gasteiger charge is 2.30. The number of carbonyl (C=O) groups excluding carboxylic acids is 2. The molecule has 1 N–H and O–H groups in total. The standard InChI is InChI=1S/C29H33ClN2O3/c1-4-16-31-29(34)27(18-23-8-6-5-7-9-23)32(19-24-11-13-25(30)14-12-24)28(33)20-35-26-15-10-21(2)22(3)17-26/h5-15,17,27H,4,16,18-20H2,1-3H3,(H,31,34). The molecule has 0 radical (unpaired) electrons. The molecule has 1 unspecified atom stereocenters. The first-order valence-electron chi connectivity index (χ1n) is 11.9. The summed E-state index contributed by atoms with van der Waals surface area (Å²) >= 11 is 6.07. The van der Waals surface area contributed by atoms with Crippen LogP contribution in [0.4, 0.5) is 0 Å². The van der Waals surface area contributed by atoms with Crippen LogP contribution in [0, 0.1) is 13.8 Å². The molecule has 2 amide bonds. The van der Waals surface area contributed by atoms with Crippen molar-refractivity contribution in [2.75, 3.05) is 13.2 Å². The third-order valence-electron chi connectivity index (χ3n) is 5.93. The van der Waals surface area contributed by atoms with Crippen LogP contribution >= 0.6 is 11.6 Å². The second-order valence-corrected chi connectivity index (χ2v) is 9.12. The first-order valence-corrected chi connectivity index (χ1v) is 12.3. The Hall–Kier alpha value is -3.31. The van der Waals surface area contributed by atoms with E-state index < -0.39 is 6.04 Å². The number of aryl methyl sites for hydroxylation is 2. The number of amides is 2. The van der Waals surface area contributed by atoms with Gasteiger partial charge in [-0.05, 0) is 66.8 Å². The van der Waals surface area contributed by atoms with E-state index in [1.165, 1.54) is 0 Å². The molecule has 3 aromatic rings. The molecule has 0 heterocycles. The third-order valence-corrected chi connectivity index (χ3v) is 6.18. The lowest BCUT2D eigenvalue weighted by Gasteiger charge is -2.31. The van der Waals surface area contributed by atoms with E-state index in [0.29, 0.717) is 23.7 Å². The Kier molecular flexibility index (Phi) is 9.74. The van der Waals surface area contributed by atoms with Gasteiger partial charge in [0, 0.05) is 24.5 Å². The predicted octanol–water partition coefficient (Wildman–Crippen LogP) is 5.50. The van der Waals surface area contributed by atoms with Crippen molar-refractivity contribution in [3.8, 4) is 5.75 Å². The number of hydrogen-bond acceptors (Lipinski definition) is 3. The highest BCUT2D eigenvalue weighted by Crippen LogP contribution is 2.19. The van der Waals surface area contributed by atoms with Gasteiger partial charge >= 0.3 is 0 Å². The van der Waals surface area contributed by atoms with Gasteiger partial charge in [-0.3, -0.25) is 9.59 Å². The van der Waals surface area contributed by atoms with Crippen molar-refractivity contribution in [3.05, 3.63) is 100 Å². The van der Waals surface area contributed by atoms with Crippen LogP contribution in [0.2, 0.25) is 5.02 Å². The largest absolute Gasteiger partial charge is 0.484 e. The van der Waals surface area contributed by atoms with Crippen LogP contribution in [0.3, 0.4) is 0 Å². The average Bonchev–Trinajstić information content (AvgIpc) is 2.87. The quantitative estimate of drug-likeness (QED) is 0.384. The second-order valence-electron chi connectivity index (χ2n) is 8.68. The summed E-state index contributed by atoms with van der Waals surface area (Å²) < 4.78 is 5.86. The summed E-state index contributed by atoms with van der Waals surface area (Å²) in [4.78, 5) is 28.4. The summed E-state index contributed by atoms with van der Waals surface area (Å²) in [6, 6.07) is 22.1. The molecule has 0 aliphatic heterocycles. The highest BCUT2D eigenvalue weighted by molar-refractivity contribution is 6.30. The van der Waals surface area contributed by atoms with E-state index in [0.717, 1.165) is 28.7 Å². The minimum absolute atomic E-state index is 0.164. The van der Waals surface area contributed by atoms with Crippen LogP contribution in [0.15, 0.2) is 72.8 Å². The summed E-state index contributed by atoms with van der Waals surface area (Å²) in [6.07, 6.45) is 1.21. The fourth-order valence-electron chi connectivity index (χ4n) is 3.74. The van der Waals surface area contributed by atoms with Crippen molar-refractivity contribution in [2.45, 2.75) is 46.2 Å². The van der Waals surface area contributed by atoms with E-state index in [1.54, 1.807) is 17.0 Å². The van der Waals surface area contributed by atoms with Crippen molar-refractivity contribution in [1.29, 1.82) is 0 Å². The summed E-state index contributed by atoms with van der Waals surface area (Å²) in [6.45, 7) is 6.69. The monoisotopic (exact) mass is 492 g/mol. The number of nitrogens with zero attached hydrogens (tertiary/aromatic N) is 1.